The molecule has 0 bridgehead atoms. The van der Waals surface area contributed by atoms with Gasteiger partial charge in [0.05, 0.1) is 5.69 Å². The third-order valence-corrected chi connectivity index (χ3v) is 3.05. The van der Waals surface area contributed by atoms with E-state index in [2.05, 4.69) is 5.32 Å². The number of nitrogens with zero attached hydrogens (tertiary/aromatic N) is 1. The van der Waals surface area contributed by atoms with Crippen molar-refractivity contribution >= 4 is 17.5 Å². The van der Waals surface area contributed by atoms with Crippen molar-refractivity contribution in [3.8, 4) is 0 Å². The minimum Gasteiger partial charge on any atom is -0.341 e. The molecule has 1 aromatic carbocycles. The van der Waals surface area contributed by atoms with E-state index in [4.69, 9.17) is 0 Å². The largest absolute Gasteiger partial charge is 0.341 e. The van der Waals surface area contributed by atoms with Gasteiger partial charge >= 0.3 is 0 Å². The zero-order valence-corrected chi connectivity index (χ0v) is 10.5. The highest BCUT2D eigenvalue weighted by Crippen LogP contribution is 2.38. The smallest absolute Gasteiger partial charge is 0.254 e. The normalized spacial score (nSPS) is 18.2. The van der Waals surface area contributed by atoms with Crippen LogP contribution in [0.2, 0.25) is 0 Å². The van der Waals surface area contributed by atoms with Gasteiger partial charge in [-0.1, -0.05) is 17.7 Å². The summed E-state index contributed by atoms with van der Waals surface area (Å²) in [5.74, 6) is -0.271. The Labute approximate surface area is 101 Å². The third-order valence-electron chi connectivity index (χ3n) is 3.05. The molecule has 1 aromatic rings. The molecule has 0 aliphatic carbocycles. The van der Waals surface area contributed by atoms with Gasteiger partial charge in [0.25, 0.3) is 5.91 Å². The van der Waals surface area contributed by atoms with Gasteiger partial charge in [-0.3, -0.25) is 9.59 Å². The molecule has 0 saturated carbocycles. The van der Waals surface area contributed by atoms with Gasteiger partial charge in [0.15, 0.2) is 0 Å². The molecule has 4 heteroatoms. The molecule has 0 radical (unpaired) electrons. The highest BCUT2D eigenvalue weighted by atomic mass is 16.2. The zero-order chi connectivity index (χ0) is 12.7. The molecule has 1 N–H and O–H groups in total. The first kappa shape index (κ1) is 11.6. The minimum atomic E-state index is -0.536. The van der Waals surface area contributed by atoms with Gasteiger partial charge in [-0.05, 0) is 19.4 Å². The number of rotatable bonds is 1. The maximum absolute atomic E-state index is 12.1. The summed E-state index contributed by atoms with van der Waals surface area (Å²) in [6, 6.07) is 3.47. The molecule has 1 aliphatic heterocycles. The topological polar surface area (TPSA) is 49.4 Å². The Hall–Kier alpha value is -1.84. The van der Waals surface area contributed by atoms with E-state index in [-0.39, 0.29) is 11.8 Å². The molecule has 2 amide bonds. The summed E-state index contributed by atoms with van der Waals surface area (Å²) in [5.41, 5.74) is 3.97. The Bertz CT molecular complexity index is 508. The molecule has 0 spiro atoms. The summed E-state index contributed by atoms with van der Waals surface area (Å²) >= 11 is 0. The second kappa shape index (κ2) is 3.87. The van der Waals surface area contributed by atoms with E-state index in [1.54, 1.807) is 11.9 Å². The summed E-state index contributed by atoms with van der Waals surface area (Å²) in [6.45, 7) is 5.39. The number of benzene rings is 1. The number of carbonyl (C=O) groups excluding carboxylic acids is 2. The van der Waals surface area contributed by atoms with E-state index in [1.165, 1.54) is 6.92 Å². The lowest BCUT2D eigenvalue weighted by atomic mass is 10.0. The fourth-order valence-corrected chi connectivity index (χ4v) is 2.45. The highest BCUT2D eigenvalue weighted by molar-refractivity contribution is 6.06. The van der Waals surface area contributed by atoms with E-state index >= 15 is 0 Å². The summed E-state index contributed by atoms with van der Waals surface area (Å²) in [7, 11) is 1.74. The van der Waals surface area contributed by atoms with Crippen LogP contribution in [0.15, 0.2) is 12.1 Å². The molecule has 17 heavy (non-hydrogen) atoms. The standard InChI is InChI=1S/C13H16N2O2/c1-7-5-8(2)12-10(6-7)11(14-9(3)16)13(17)15(12)4/h5-6,11H,1-4H3,(H,14,16)/t11-/m1/s1. The van der Waals surface area contributed by atoms with Gasteiger partial charge in [0.1, 0.15) is 6.04 Å². The van der Waals surface area contributed by atoms with Crippen molar-refractivity contribution in [2.24, 2.45) is 0 Å². The maximum atomic E-state index is 12.1. The van der Waals surface area contributed by atoms with Crippen LogP contribution < -0.4 is 10.2 Å². The number of hydrogen-bond acceptors (Lipinski definition) is 2. The average Bonchev–Trinajstić information content (AvgIpc) is 2.42. The Morgan fingerprint density at radius 2 is 2.00 bits per heavy atom. The van der Waals surface area contributed by atoms with Gasteiger partial charge in [-0.15, -0.1) is 0 Å². The van der Waals surface area contributed by atoms with Crippen LogP contribution in [0.4, 0.5) is 5.69 Å². The number of aryl methyl sites for hydroxylation is 2. The molecule has 4 nitrogen and oxygen atoms in total. The zero-order valence-electron chi connectivity index (χ0n) is 10.5. The van der Waals surface area contributed by atoms with Crippen molar-refractivity contribution in [3.63, 3.8) is 0 Å². The maximum Gasteiger partial charge on any atom is 0.254 e. The first-order chi connectivity index (χ1) is 7.91. The number of hydrogen-bond donors (Lipinski definition) is 1. The van der Waals surface area contributed by atoms with Crippen LogP contribution in [0.1, 0.15) is 29.7 Å². The van der Waals surface area contributed by atoms with E-state index in [0.717, 1.165) is 22.4 Å². The molecule has 0 unspecified atom stereocenters. The lowest BCUT2D eigenvalue weighted by Crippen LogP contribution is -2.34. The fraction of sp³-hybridized carbons (Fsp3) is 0.385. The molecule has 0 saturated heterocycles. The Kier molecular flexibility index (Phi) is 2.65. The summed E-state index contributed by atoms with van der Waals surface area (Å²) < 4.78 is 0. The van der Waals surface area contributed by atoms with Gasteiger partial charge in [0.2, 0.25) is 5.91 Å². The Balaban J connectivity index is 2.55. The van der Waals surface area contributed by atoms with Crippen LogP contribution in [-0.2, 0) is 9.59 Å². The van der Waals surface area contributed by atoms with E-state index < -0.39 is 6.04 Å². The average molecular weight is 232 g/mol. The monoisotopic (exact) mass is 232 g/mol. The predicted octanol–water partition coefficient (Wildman–Crippen LogP) is 1.46. The second-order valence-electron chi connectivity index (χ2n) is 4.55. The number of nitrogens with one attached hydrogen (secondary N) is 1. The summed E-state index contributed by atoms with van der Waals surface area (Å²) in [4.78, 5) is 24.8. The van der Waals surface area contributed by atoms with Gasteiger partial charge in [0, 0.05) is 19.5 Å². The van der Waals surface area contributed by atoms with Crippen molar-refractivity contribution < 1.29 is 9.59 Å². The molecule has 2 rings (SSSR count). The highest BCUT2D eigenvalue weighted by Gasteiger charge is 2.36. The Morgan fingerprint density at radius 1 is 1.35 bits per heavy atom. The van der Waals surface area contributed by atoms with E-state index in [0.29, 0.717) is 0 Å². The number of amides is 2. The summed E-state index contributed by atoms with van der Waals surface area (Å²) in [6.07, 6.45) is 0. The fourth-order valence-electron chi connectivity index (χ4n) is 2.45. The van der Waals surface area contributed by atoms with Crippen molar-refractivity contribution in [1.29, 1.82) is 0 Å². The first-order valence-corrected chi connectivity index (χ1v) is 5.57. The molecule has 90 valence electrons. The van der Waals surface area contributed by atoms with Gasteiger partial charge in [-0.25, -0.2) is 0 Å². The number of anilines is 1. The van der Waals surface area contributed by atoms with Crippen molar-refractivity contribution in [2.75, 3.05) is 11.9 Å². The summed E-state index contributed by atoms with van der Waals surface area (Å²) in [5, 5.41) is 2.70. The Morgan fingerprint density at radius 3 is 2.59 bits per heavy atom. The quantitative estimate of drug-likeness (QED) is 0.796. The van der Waals surface area contributed by atoms with Crippen molar-refractivity contribution in [2.45, 2.75) is 26.8 Å². The number of fused-ring (bicyclic) bond motifs is 1. The second-order valence-corrected chi connectivity index (χ2v) is 4.55. The lowest BCUT2D eigenvalue weighted by molar-refractivity contribution is -0.125. The first-order valence-electron chi connectivity index (χ1n) is 5.57. The molecular weight excluding hydrogens is 216 g/mol. The predicted molar refractivity (Wildman–Crippen MR) is 65.9 cm³/mol. The van der Waals surface area contributed by atoms with Crippen LogP contribution in [0, 0.1) is 13.8 Å². The van der Waals surface area contributed by atoms with E-state index in [1.807, 2.05) is 26.0 Å². The van der Waals surface area contributed by atoms with E-state index in [9.17, 15) is 9.59 Å². The third kappa shape index (κ3) is 1.79. The van der Waals surface area contributed by atoms with Crippen LogP contribution in [0.25, 0.3) is 0 Å². The van der Waals surface area contributed by atoms with Crippen LogP contribution in [0.5, 0.6) is 0 Å². The van der Waals surface area contributed by atoms with Crippen LogP contribution in [-0.4, -0.2) is 18.9 Å². The van der Waals surface area contributed by atoms with Crippen LogP contribution in [0.3, 0.4) is 0 Å². The van der Waals surface area contributed by atoms with Crippen molar-refractivity contribution in [1.82, 2.24) is 5.32 Å². The van der Waals surface area contributed by atoms with Crippen LogP contribution >= 0.6 is 0 Å². The molecular formula is C13H16N2O2. The lowest BCUT2D eigenvalue weighted by Gasteiger charge is -2.12. The van der Waals surface area contributed by atoms with Crippen molar-refractivity contribution in [3.05, 3.63) is 28.8 Å². The number of carbonyl (C=O) groups is 2. The minimum absolute atomic E-state index is 0.0797. The molecule has 0 aromatic heterocycles. The molecule has 1 atom stereocenters. The molecule has 0 fully saturated rings. The SMILES string of the molecule is CC(=O)N[C@H]1C(=O)N(C)c2c(C)cc(C)cc21. The van der Waals surface area contributed by atoms with Gasteiger partial charge in [-0.2, -0.15) is 0 Å². The molecule has 1 aliphatic rings. The molecule has 1 heterocycles. The van der Waals surface area contributed by atoms with Gasteiger partial charge < -0.3 is 10.2 Å². The number of likely N-dealkylation sites (N-methyl/N-ethyl adjacent to an activating group) is 1.